The third-order valence-corrected chi connectivity index (χ3v) is 1.50. The third-order valence-electron chi connectivity index (χ3n) is 1.50. The standard InChI is InChI=1S/C7H14N2O/c1-5(2)6-8-4-7(3,10)9-6/h5,10H,4H2,1-3H3,(H,8,9)/t7-/m1/s1. The van der Waals surface area contributed by atoms with E-state index in [0.717, 1.165) is 5.84 Å². The van der Waals surface area contributed by atoms with Crippen molar-refractivity contribution in [2.24, 2.45) is 10.9 Å². The summed E-state index contributed by atoms with van der Waals surface area (Å²) in [6.45, 7) is 6.30. The van der Waals surface area contributed by atoms with Crippen LogP contribution in [-0.2, 0) is 0 Å². The number of hydrogen-bond acceptors (Lipinski definition) is 3. The maximum atomic E-state index is 9.39. The molecule has 0 aromatic carbocycles. The topological polar surface area (TPSA) is 44.6 Å². The quantitative estimate of drug-likeness (QED) is 0.555. The highest BCUT2D eigenvalue weighted by atomic mass is 16.3. The second kappa shape index (κ2) is 2.23. The second-order valence-electron chi connectivity index (χ2n) is 3.26. The molecule has 0 bridgehead atoms. The Morgan fingerprint density at radius 1 is 1.70 bits per heavy atom. The molecule has 0 amide bonds. The Morgan fingerprint density at radius 3 is 2.50 bits per heavy atom. The number of nitrogens with zero attached hydrogens (tertiary/aromatic N) is 1. The molecular weight excluding hydrogens is 128 g/mol. The minimum atomic E-state index is -0.806. The first-order valence-electron chi connectivity index (χ1n) is 3.56. The first-order valence-corrected chi connectivity index (χ1v) is 3.56. The molecule has 3 heteroatoms. The fourth-order valence-electron chi connectivity index (χ4n) is 0.921. The molecule has 1 rings (SSSR count). The van der Waals surface area contributed by atoms with Gasteiger partial charge in [0.05, 0.1) is 6.54 Å². The van der Waals surface area contributed by atoms with Gasteiger partial charge in [0.2, 0.25) is 0 Å². The molecule has 10 heavy (non-hydrogen) atoms. The first-order chi connectivity index (χ1) is 4.51. The fraction of sp³-hybridized carbons (Fsp3) is 0.857. The lowest BCUT2D eigenvalue weighted by atomic mass is 10.2. The van der Waals surface area contributed by atoms with Crippen molar-refractivity contribution in [1.82, 2.24) is 5.32 Å². The normalized spacial score (nSPS) is 32.3. The van der Waals surface area contributed by atoms with Crippen LogP contribution >= 0.6 is 0 Å². The van der Waals surface area contributed by atoms with Gasteiger partial charge in [0.25, 0.3) is 0 Å². The van der Waals surface area contributed by atoms with Crippen molar-refractivity contribution < 1.29 is 5.11 Å². The van der Waals surface area contributed by atoms with Gasteiger partial charge in [-0.2, -0.15) is 0 Å². The van der Waals surface area contributed by atoms with Gasteiger partial charge in [-0.15, -0.1) is 0 Å². The van der Waals surface area contributed by atoms with Gasteiger partial charge in [-0.25, -0.2) is 0 Å². The Kier molecular flexibility index (Phi) is 1.68. The van der Waals surface area contributed by atoms with E-state index in [2.05, 4.69) is 10.3 Å². The van der Waals surface area contributed by atoms with Crippen LogP contribution in [0, 0.1) is 5.92 Å². The van der Waals surface area contributed by atoms with Crippen LogP contribution in [0.25, 0.3) is 0 Å². The summed E-state index contributed by atoms with van der Waals surface area (Å²) in [5, 5.41) is 12.3. The van der Waals surface area contributed by atoms with Crippen LogP contribution in [0.5, 0.6) is 0 Å². The molecule has 3 nitrogen and oxygen atoms in total. The minimum Gasteiger partial charge on any atom is -0.369 e. The van der Waals surface area contributed by atoms with E-state index in [1.807, 2.05) is 13.8 Å². The monoisotopic (exact) mass is 142 g/mol. The van der Waals surface area contributed by atoms with Gasteiger partial charge >= 0.3 is 0 Å². The smallest absolute Gasteiger partial charge is 0.153 e. The van der Waals surface area contributed by atoms with E-state index in [9.17, 15) is 5.11 Å². The van der Waals surface area contributed by atoms with Crippen LogP contribution in [0.4, 0.5) is 0 Å². The maximum absolute atomic E-state index is 9.39. The number of rotatable bonds is 1. The molecule has 0 radical (unpaired) electrons. The molecule has 0 aliphatic carbocycles. The molecule has 0 fully saturated rings. The van der Waals surface area contributed by atoms with Crippen LogP contribution in [0.1, 0.15) is 20.8 Å². The molecule has 58 valence electrons. The maximum Gasteiger partial charge on any atom is 0.153 e. The van der Waals surface area contributed by atoms with Crippen molar-refractivity contribution in [3.63, 3.8) is 0 Å². The summed E-state index contributed by atoms with van der Waals surface area (Å²) in [7, 11) is 0. The predicted octanol–water partition coefficient (Wildman–Crippen LogP) is 0.353. The molecule has 0 saturated heterocycles. The summed E-state index contributed by atoms with van der Waals surface area (Å²) in [5.41, 5.74) is -0.806. The zero-order valence-corrected chi connectivity index (χ0v) is 6.68. The Labute approximate surface area is 61.2 Å². The van der Waals surface area contributed by atoms with Crippen molar-refractivity contribution in [2.75, 3.05) is 6.54 Å². The Morgan fingerprint density at radius 2 is 2.30 bits per heavy atom. The van der Waals surface area contributed by atoms with Crippen LogP contribution in [0.15, 0.2) is 4.99 Å². The number of amidine groups is 1. The summed E-state index contributed by atoms with van der Waals surface area (Å²) in [4.78, 5) is 4.14. The summed E-state index contributed by atoms with van der Waals surface area (Å²) in [6, 6.07) is 0. The van der Waals surface area contributed by atoms with Gasteiger partial charge < -0.3 is 10.4 Å². The second-order valence-corrected chi connectivity index (χ2v) is 3.26. The average molecular weight is 142 g/mol. The molecule has 0 aromatic rings. The Balaban J connectivity index is 2.55. The van der Waals surface area contributed by atoms with E-state index in [-0.39, 0.29) is 0 Å². The van der Waals surface area contributed by atoms with Crippen molar-refractivity contribution in [1.29, 1.82) is 0 Å². The molecule has 1 atom stereocenters. The molecule has 2 N–H and O–H groups in total. The van der Waals surface area contributed by atoms with Crippen molar-refractivity contribution >= 4 is 5.84 Å². The first kappa shape index (κ1) is 7.54. The van der Waals surface area contributed by atoms with Crippen LogP contribution in [0.2, 0.25) is 0 Å². The van der Waals surface area contributed by atoms with Gasteiger partial charge in [0.15, 0.2) is 5.72 Å². The van der Waals surface area contributed by atoms with Crippen molar-refractivity contribution in [3.05, 3.63) is 0 Å². The van der Waals surface area contributed by atoms with Crippen LogP contribution in [0.3, 0.4) is 0 Å². The number of nitrogens with one attached hydrogen (secondary N) is 1. The van der Waals surface area contributed by atoms with Gasteiger partial charge in [0, 0.05) is 5.92 Å². The average Bonchev–Trinajstić information content (AvgIpc) is 2.10. The number of aliphatic imine (C=N–C) groups is 1. The molecule has 0 unspecified atom stereocenters. The Bertz CT molecular complexity index is 161. The predicted molar refractivity (Wildman–Crippen MR) is 40.9 cm³/mol. The summed E-state index contributed by atoms with van der Waals surface area (Å²) in [5.74, 6) is 1.29. The van der Waals surface area contributed by atoms with E-state index in [0.29, 0.717) is 12.5 Å². The van der Waals surface area contributed by atoms with Crippen LogP contribution < -0.4 is 5.32 Å². The summed E-state index contributed by atoms with van der Waals surface area (Å²) < 4.78 is 0. The van der Waals surface area contributed by atoms with E-state index < -0.39 is 5.72 Å². The lowest BCUT2D eigenvalue weighted by Gasteiger charge is -2.17. The summed E-state index contributed by atoms with van der Waals surface area (Å²) in [6.07, 6.45) is 0. The zero-order valence-electron chi connectivity index (χ0n) is 6.68. The van der Waals surface area contributed by atoms with Gasteiger partial charge in [-0.1, -0.05) is 13.8 Å². The molecule has 1 aliphatic rings. The van der Waals surface area contributed by atoms with E-state index in [1.165, 1.54) is 0 Å². The third kappa shape index (κ3) is 1.48. The van der Waals surface area contributed by atoms with Crippen molar-refractivity contribution in [2.45, 2.75) is 26.5 Å². The highest BCUT2D eigenvalue weighted by Crippen LogP contribution is 2.10. The van der Waals surface area contributed by atoms with E-state index in [4.69, 9.17) is 0 Å². The molecule has 0 saturated carbocycles. The number of hydrogen-bond donors (Lipinski definition) is 2. The zero-order chi connectivity index (χ0) is 7.78. The van der Waals surface area contributed by atoms with Crippen LogP contribution in [-0.4, -0.2) is 23.2 Å². The molecule has 1 aliphatic heterocycles. The van der Waals surface area contributed by atoms with Crippen molar-refractivity contribution in [3.8, 4) is 0 Å². The van der Waals surface area contributed by atoms with E-state index in [1.54, 1.807) is 6.92 Å². The largest absolute Gasteiger partial charge is 0.369 e. The Hall–Kier alpha value is -0.570. The highest BCUT2D eigenvalue weighted by Gasteiger charge is 2.27. The minimum absolute atomic E-state index is 0.383. The molecular formula is C7H14N2O. The van der Waals surface area contributed by atoms with Gasteiger partial charge in [-0.05, 0) is 6.92 Å². The summed E-state index contributed by atoms with van der Waals surface area (Å²) >= 11 is 0. The lowest BCUT2D eigenvalue weighted by molar-refractivity contribution is 0.0631. The lowest BCUT2D eigenvalue weighted by Crippen LogP contribution is -2.43. The molecule has 0 spiro atoms. The van der Waals surface area contributed by atoms with Gasteiger partial charge in [0.1, 0.15) is 5.84 Å². The molecule has 0 aromatic heterocycles. The highest BCUT2D eigenvalue weighted by molar-refractivity contribution is 5.86. The molecule has 1 heterocycles. The van der Waals surface area contributed by atoms with Gasteiger partial charge in [-0.3, -0.25) is 4.99 Å². The fourth-order valence-corrected chi connectivity index (χ4v) is 0.921. The van der Waals surface area contributed by atoms with E-state index >= 15 is 0 Å². The SMILES string of the molecule is CC(C)C1=NC[C@@](C)(O)N1. The number of aliphatic hydroxyl groups is 1.